The van der Waals surface area contributed by atoms with Crippen LogP contribution in [-0.2, 0) is 0 Å². The van der Waals surface area contributed by atoms with Gasteiger partial charge in [-0.3, -0.25) is 0 Å². The number of hydrogen-bond acceptors (Lipinski definition) is 1. The summed E-state index contributed by atoms with van der Waals surface area (Å²) in [6.07, 6.45) is 1.55. The molecule has 1 unspecified atom stereocenters. The molecule has 1 aromatic rings. The predicted octanol–water partition coefficient (Wildman–Crippen LogP) is 3.18. The Hall–Kier alpha value is -0.740. The zero-order valence-electron chi connectivity index (χ0n) is 7.79. The first-order valence-electron chi connectivity index (χ1n) is 4.67. The molecule has 0 amide bonds. The minimum absolute atomic E-state index is 0.0203. The molecule has 1 saturated heterocycles. The van der Waals surface area contributed by atoms with Crippen molar-refractivity contribution in [1.29, 1.82) is 0 Å². The van der Waals surface area contributed by atoms with Gasteiger partial charge in [-0.25, -0.2) is 13.2 Å². The van der Waals surface area contributed by atoms with Gasteiger partial charge in [-0.2, -0.15) is 0 Å². The summed E-state index contributed by atoms with van der Waals surface area (Å²) in [5, 5.41) is 2.19. The van der Waals surface area contributed by atoms with E-state index in [1.54, 1.807) is 0 Å². The second kappa shape index (κ2) is 4.02. The highest BCUT2D eigenvalue weighted by Gasteiger charge is 2.25. The van der Waals surface area contributed by atoms with Gasteiger partial charge >= 0.3 is 0 Å². The van der Waals surface area contributed by atoms with Crippen LogP contribution in [0.25, 0.3) is 0 Å². The molecule has 0 radical (unpaired) electrons. The van der Waals surface area contributed by atoms with Gasteiger partial charge in [-0.05, 0) is 25.5 Å². The molecule has 15 heavy (non-hydrogen) atoms. The Morgan fingerprint density at radius 3 is 2.60 bits per heavy atom. The van der Waals surface area contributed by atoms with Crippen molar-refractivity contribution in [1.82, 2.24) is 5.32 Å². The van der Waals surface area contributed by atoms with E-state index in [0.717, 1.165) is 19.0 Å². The second-order valence-corrected chi connectivity index (χ2v) is 3.92. The molecule has 1 aromatic carbocycles. The van der Waals surface area contributed by atoms with Gasteiger partial charge in [-0.1, -0.05) is 11.6 Å². The molecule has 1 nitrogen and oxygen atoms in total. The molecule has 0 saturated carbocycles. The molecule has 1 fully saturated rings. The molecule has 82 valence electrons. The lowest BCUT2D eigenvalue weighted by Gasteiger charge is -2.13. The van der Waals surface area contributed by atoms with E-state index >= 15 is 0 Å². The first-order chi connectivity index (χ1) is 7.11. The number of rotatable bonds is 1. The third-order valence-corrected chi connectivity index (χ3v) is 2.91. The fourth-order valence-corrected chi connectivity index (χ4v) is 1.93. The maximum atomic E-state index is 13.4. The molecule has 5 heteroatoms. The van der Waals surface area contributed by atoms with Crippen LogP contribution >= 0.6 is 11.6 Å². The SMILES string of the molecule is Fc1cc(C2CCCN2)c(F)c(F)c1Cl. The van der Waals surface area contributed by atoms with E-state index in [2.05, 4.69) is 5.32 Å². The third kappa shape index (κ3) is 1.84. The fraction of sp³-hybridized carbons (Fsp3) is 0.400. The molecule has 0 spiro atoms. The molecule has 0 aromatic heterocycles. The van der Waals surface area contributed by atoms with E-state index < -0.39 is 22.5 Å². The molecule has 0 bridgehead atoms. The van der Waals surface area contributed by atoms with Crippen molar-refractivity contribution in [3.8, 4) is 0 Å². The molecule has 1 aliphatic rings. The summed E-state index contributed by atoms with van der Waals surface area (Å²) in [5.74, 6) is -3.28. The molecular weight excluding hydrogens is 227 g/mol. The average Bonchev–Trinajstić information content (AvgIpc) is 2.73. The molecular formula is C10H9ClF3N. The van der Waals surface area contributed by atoms with Crippen LogP contribution in [-0.4, -0.2) is 6.54 Å². The number of benzene rings is 1. The van der Waals surface area contributed by atoms with Crippen LogP contribution in [0.2, 0.25) is 5.02 Å². The smallest absolute Gasteiger partial charge is 0.180 e. The summed E-state index contributed by atoms with van der Waals surface area (Å²) in [6.45, 7) is 0.732. The van der Waals surface area contributed by atoms with Gasteiger partial charge in [0.1, 0.15) is 10.8 Å². The van der Waals surface area contributed by atoms with Crippen molar-refractivity contribution < 1.29 is 13.2 Å². The van der Waals surface area contributed by atoms with Crippen LogP contribution in [0.4, 0.5) is 13.2 Å². The lowest BCUT2D eigenvalue weighted by atomic mass is 10.0. The Kier molecular flexibility index (Phi) is 2.89. The summed E-state index contributed by atoms with van der Waals surface area (Å²) in [5.41, 5.74) is 0.0203. The topological polar surface area (TPSA) is 12.0 Å². The molecule has 2 rings (SSSR count). The van der Waals surface area contributed by atoms with E-state index in [0.29, 0.717) is 6.42 Å². The highest BCUT2D eigenvalue weighted by Crippen LogP contribution is 2.31. The molecule has 0 aliphatic carbocycles. The Balaban J connectivity index is 2.47. The highest BCUT2D eigenvalue weighted by atomic mass is 35.5. The van der Waals surface area contributed by atoms with Crippen LogP contribution in [0.1, 0.15) is 24.4 Å². The van der Waals surface area contributed by atoms with Crippen molar-refractivity contribution >= 4 is 11.6 Å². The predicted molar refractivity (Wildman–Crippen MR) is 51.3 cm³/mol. The second-order valence-electron chi connectivity index (χ2n) is 3.54. The lowest BCUT2D eigenvalue weighted by molar-refractivity contribution is 0.468. The summed E-state index contributed by atoms with van der Waals surface area (Å²) < 4.78 is 39.7. The minimum atomic E-state index is -1.31. The lowest BCUT2D eigenvalue weighted by Crippen LogP contribution is -2.15. The van der Waals surface area contributed by atoms with E-state index in [9.17, 15) is 13.2 Å². The van der Waals surface area contributed by atoms with Crippen molar-refractivity contribution in [2.75, 3.05) is 6.54 Å². The van der Waals surface area contributed by atoms with Gasteiger partial charge in [0.25, 0.3) is 0 Å². The molecule has 1 N–H and O–H groups in total. The van der Waals surface area contributed by atoms with Gasteiger partial charge in [0.2, 0.25) is 0 Å². The molecule has 1 atom stereocenters. The van der Waals surface area contributed by atoms with Gasteiger partial charge in [0.05, 0.1) is 0 Å². The third-order valence-electron chi connectivity index (χ3n) is 2.57. The standard InChI is InChI=1S/C10H9ClF3N/c11-8-6(12)4-5(9(13)10(8)14)7-2-1-3-15-7/h4,7,15H,1-3H2. The van der Waals surface area contributed by atoms with Crippen LogP contribution in [0.3, 0.4) is 0 Å². The summed E-state index contributed by atoms with van der Waals surface area (Å²) in [6, 6.07) is 0.648. The van der Waals surface area contributed by atoms with Gasteiger partial charge in [-0.15, -0.1) is 0 Å². The Morgan fingerprint density at radius 1 is 1.27 bits per heavy atom. The maximum absolute atomic E-state index is 13.4. The molecule has 1 aliphatic heterocycles. The van der Waals surface area contributed by atoms with E-state index in [4.69, 9.17) is 11.6 Å². The summed E-state index contributed by atoms with van der Waals surface area (Å²) >= 11 is 5.25. The van der Waals surface area contributed by atoms with Gasteiger partial charge < -0.3 is 5.32 Å². The monoisotopic (exact) mass is 235 g/mol. The zero-order valence-corrected chi connectivity index (χ0v) is 8.54. The first kappa shape index (κ1) is 10.8. The van der Waals surface area contributed by atoms with Crippen LogP contribution < -0.4 is 5.32 Å². The van der Waals surface area contributed by atoms with Crippen LogP contribution in [0.5, 0.6) is 0 Å². The number of hydrogen-bond donors (Lipinski definition) is 1. The Bertz CT molecular complexity index is 389. The van der Waals surface area contributed by atoms with Crippen LogP contribution in [0.15, 0.2) is 6.07 Å². The van der Waals surface area contributed by atoms with E-state index in [1.165, 1.54) is 0 Å². The van der Waals surface area contributed by atoms with Gasteiger partial charge in [0.15, 0.2) is 11.6 Å². The van der Waals surface area contributed by atoms with E-state index in [1.807, 2.05) is 0 Å². The Labute approximate surface area is 90.2 Å². The first-order valence-corrected chi connectivity index (χ1v) is 5.05. The van der Waals surface area contributed by atoms with E-state index in [-0.39, 0.29) is 11.6 Å². The van der Waals surface area contributed by atoms with Crippen molar-refractivity contribution in [2.24, 2.45) is 0 Å². The Morgan fingerprint density at radius 2 is 2.00 bits per heavy atom. The maximum Gasteiger partial charge on any atom is 0.180 e. The number of halogens is 4. The average molecular weight is 236 g/mol. The largest absolute Gasteiger partial charge is 0.310 e. The minimum Gasteiger partial charge on any atom is -0.310 e. The quantitative estimate of drug-likeness (QED) is 0.582. The normalized spacial score (nSPS) is 20.9. The summed E-state index contributed by atoms with van der Waals surface area (Å²) in [4.78, 5) is 0. The highest BCUT2D eigenvalue weighted by molar-refractivity contribution is 6.30. The van der Waals surface area contributed by atoms with Crippen molar-refractivity contribution in [3.63, 3.8) is 0 Å². The van der Waals surface area contributed by atoms with Crippen LogP contribution in [0, 0.1) is 17.5 Å². The molecule has 1 heterocycles. The fourth-order valence-electron chi connectivity index (χ4n) is 1.79. The van der Waals surface area contributed by atoms with Crippen molar-refractivity contribution in [2.45, 2.75) is 18.9 Å². The zero-order chi connectivity index (χ0) is 11.0. The number of nitrogens with one attached hydrogen (secondary N) is 1. The van der Waals surface area contributed by atoms with Crippen molar-refractivity contribution in [3.05, 3.63) is 34.1 Å². The van der Waals surface area contributed by atoms with Gasteiger partial charge in [0, 0.05) is 11.6 Å². The summed E-state index contributed by atoms with van der Waals surface area (Å²) in [7, 11) is 0.